The summed E-state index contributed by atoms with van der Waals surface area (Å²) in [6.07, 6.45) is 3.44. The summed E-state index contributed by atoms with van der Waals surface area (Å²) in [7, 11) is 0. The number of anilines is 1. The van der Waals surface area contributed by atoms with Gasteiger partial charge in [-0.15, -0.1) is 0 Å². The molecule has 0 radical (unpaired) electrons. The Morgan fingerprint density at radius 1 is 1.25 bits per heavy atom. The molecule has 0 saturated heterocycles. The smallest absolute Gasteiger partial charge is 0.319 e. The van der Waals surface area contributed by atoms with Crippen LogP contribution in [0.25, 0.3) is 0 Å². The monoisotopic (exact) mass is 289 g/mol. The minimum absolute atomic E-state index is 0.291. The van der Waals surface area contributed by atoms with Gasteiger partial charge in [-0.2, -0.15) is 0 Å². The van der Waals surface area contributed by atoms with E-state index in [-0.39, 0.29) is 6.03 Å². The van der Waals surface area contributed by atoms with Crippen molar-refractivity contribution in [2.45, 2.75) is 19.4 Å². The maximum atomic E-state index is 12.0. The molecular formula is C15H16ClN3O. The first-order valence-corrected chi connectivity index (χ1v) is 6.60. The number of nitrogens with zero attached hydrogens (tertiary/aromatic N) is 1. The number of hydrogen-bond donors (Lipinski definition) is 2. The van der Waals surface area contributed by atoms with Gasteiger partial charge in [-0.25, -0.2) is 4.79 Å². The van der Waals surface area contributed by atoms with E-state index in [2.05, 4.69) is 15.6 Å². The summed E-state index contributed by atoms with van der Waals surface area (Å²) in [6, 6.07) is 10.5. The molecule has 1 aromatic heterocycles. The molecule has 0 aliphatic carbocycles. The summed E-state index contributed by atoms with van der Waals surface area (Å²) in [6.45, 7) is 3.84. The fourth-order valence-corrected chi connectivity index (χ4v) is 2.01. The van der Waals surface area contributed by atoms with Gasteiger partial charge < -0.3 is 10.6 Å². The number of benzene rings is 1. The molecule has 0 bridgehead atoms. The van der Waals surface area contributed by atoms with Crippen LogP contribution in [0.3, 0.4) is 0 Å². The highest BCUT2D eigenvalue weighted by atomic mass is 35.5. The van der Waals surface area contributed by atoms with E-state index in [1.807, 2.05) is 26.0 Å². The van der Waals surface area contributed by atoms with Crippen LogP contribution in [0.1, 0.15) is 19.4 Å². The SMILES string of the molecule is CC(C)(NC(=O)Nc1cccc(Cl)c1)c1cccnc1. The predicted molar refractivity (Wildman–Crippen MR) is 80.9 cm³/mol. The lowest BCUT2D eigenvalue weighted by Gasteiger charge is -2.26. The van der Waals surface area contributed by atoms with Gasteiger partial charge in [0.2, 0.25) is 0 Å². The van der Waals surface area contributed by atoms with Crippen molar-refractivity contribution in [2.24, 2.45) is 0 Å². The Hall–Kier alpha value is -2.07. The minimum atomic E-state index is -0.517. The highest BCUT2D eigenvalue weighted by Crippen LogP contribution is 2.19. The number of pyridine rings is 1. The molecule has 20 heavy (non-hydrogen) atoms. The van der Waals surface area contributed by atoms with Crippen molar-refractivity contribution in [2.75, 3.05) is 5.32 Å². The molecule has 2 amide bonds. The Morgan fingerprint density at radius 2 is 2.05 bits per heavy atom. The van der Waals surface area contributed by atoms with Gasteiger partial charge in [0.25, 0.3) is 0 Å². The van der Waals surface area contributed by atoms with Crippen molar-refractivity contribution < 1.29 is 4.79 Å². The van der Waals surface area contributed by atoms with Gasteiger partial charge in [0.1, 0.15) is 0 Å². The molecule has 0 aliphatic heterocycles. The van der Waals surface area contributed by atoms with Crippen LogP contribution in [0.2, 0.25) is 5.02 Å². The summed E-state index contributed by atoms with van der Waals surface area (Å²) < 4.78 is 0. The van der Waals surface area contributed by atoms with Crippen molar-refractivity contribution >= 4 is 23.3 Å². The number of nitrogens with one attached hydrogen (secondary N) is 2. The number of aromatic nitrogens is 1. The molecule has 2 N–H and O–H groups in total. The fraction of sp³-hybridized carbons (Fsp3) is 0.200. The van der Waals surface area contributed by atoms with Gasteiger partial charge in [0, 0.05) is 23.1 Å². The Kier molecular flexibility index (Phi) is 4.25. The third-order valence-electron chi connectivity index (χ3n) is 2.89. The van der Waals surface area contributed by atoms with Crippen LogP contribution >= 0.6 is 11.6 Å². The third-order valence-corrected chi connectivity index (χ3v) is 3.13. The Labute approximate surface area is 123 Å². The van der Waals surface area contributed by atoms with Crippen molar-refractivity contribution in [3.05, 3.63) is 59.4 Å². The lowest BCUT2D eigenvalue weighted by Crippen LogP contribution is -2.43. The first-order chi connectivity index (χ1) is 9.47. The normalized spacial score (nSPS) is 10.9. The van der Waals surface area contributed by atoms with Crippen LogP contribution in [-0.2, 0) is 5.54 Å². The van der Waals surface area contributed by atoms with Gasteiger partial charge >= 0.3 is 6.03 Å². The van der Waals surface area contributed by atoms with Crippen molar-refractivity contribution in [1.82, 2.24) is 10.3 Å². The van der Waals surface area contributed by atoms with E-state index in [9.17, 15) is 4.79 Å². The fourth-order valence-electron chi connectivity index (χ4n) is 1.82. The molecule has 0 fully saturated rings. The zero-order chi connectivity index (χ0) is 14.6. The van der Waals surface area contributed by atoms with Crippen LogP contribution in [0.5, 0.6) is 0 Å². The molecule has 4 nitrogen and oxygen atoms in total. The summed E-state index contributed by atoms with van der Waals surface area (Å²) >= 11 is 5.88. The minimum Gasteiger partial charge on any atom is -0.329 e. The van der Waals surface area contributed by atoms with Crippen molar-refractivity contribution in [3.8, 4) is 0 Å². The molecule has 0 unspecified atom stereocenters. The van der Waals surface area contributed by atoms with Crippen LogP contribution in [0.4, 0.5) is 10.5 Å². The molecule has 0 spiro atoms. The number of urea groups is 1. The van der Waals surface area contributed by atoms with Gasteiger partial charge in [-0.05, 0) is 43.7 Å². The van der Waals surface area contributed by atoms with E-state index in [0.29, 0.717) is 10.7 Å². The quantitative estimate of drug-likeness (QED) is 0.903. The predicted octanol–water partition coefficient (Wildman–Crippen LogP) is 3.79. The standard InChI is InChI=1S/C15H16ClN3O/c1-15(2,11-5-4-8-17-10-11)19-14(20)18-13-7-3-6-12(16)9-13/h3-10H,1-2H3,(H2,18,19,20). The summed E-state index contributed by atoms with van der Waals surface area (Å²) in [5.74, 6) is 0. The molecule has 0 saturated carbocycles. The van der Waals surface area contributed by atoms with Crippen LogP contribution in [0, 0.1) is 0 Å². The van der Waals surface area contributed by atoms with Crippen molar-refractivity contribution in [3.63, 3.8) is 0 Å². The molecule has 1 heterocycles. The van der Waals surface area contributed by atoms with E-state index < -0.39 is 5.54 Å². The second-order valence-corrected chi connectivity index (χ2v) is 5.39. The molecule has 1 aromatic carbocycles. The Balaban J connectivity index is 2.04. The number of carbonyl (C=O) groups excluding carboxylic acids is 1. The summed E-state index contributed by atoms with van der Waals surface area (Å²) in [5, 5.41) is 6.24. The maximum absolute atomic E-state index is 12.0. The topological polar surface area (TPSA) is 54.0 Å². The number of hydrogen-bond acceptors (Lipinski definition) is 2. The maximum Gasteiger partial charge on any atom is 0.319 e. The number of rotatable bonds is 3. The molecular weight excluding hydrogens is 274 g/mol. The second kappa shape index (κ2) is 5.92. The second-order valence-electron chi connectivity index (χ2n) is 4.96. The Bertz CT molecular complexity index is 599. The molecule has 104 valence electrons. The largest absolute Gasteiger partial charge is 0.329 e. The number of halogens is 1. The van der Waals surface area contributed by atoms with Gasteiger partial charge in [-0.1, -0.05) is 23.7 Å². The average Bonchev–Trinajstić information content (AvgIpc) is 2.39. The van der Waals surface area contributed by atoms with Gasteiger partial charge in [-0.3, -0.25) is 4.98 Å². The highest BCUT2D eigenvalue weighted by molar-refractivity contribution is 6.30. The zero-order valence-corrected chi connectivity index (χ0v) is 12.1. The van der Waals surface area contributed by atoms with E-state index in [1.165, 1.54) is 0 Å². The third kappa shape index (κ3) is 3.71. The molecule has 0 aliphatic rings. The summed E-state index contributed by atoms with van der Waals surface area (Å²) in [5.41, 5.74) is 1.06. The van der Waals surface area contributed by atoms with Gasteiger partial charge in [0.05, 0.1) is 5.54 Å². The first-order valence-electron chi connectivity index (χ1n) is 6.22. The molecule has 2 aromatic rings. The van der Waals surface area contributed by atoms with E-state index in [0.717, 1.165) is 5.56 Å². The highest BCUT2D eigenvalue weighted by Gasteiger charge is 2.22. The van der Waals surface area contributed by atoms with E-state index >= 15 is 0 Å². The van der Waals surface area contributed by atoms with E-state index in [4.69, 9.17) is 11.6 Å². The molecule has 0 atom stereocenters. The average molecular weight is 290 g/mol. The van der Waals surface area contributed by atoms with Crippen LogP contribution < -0.4 is 10.6 Å². The zero-order valence-electron chi connectivity index (χ0n) is 11.4. The molecule has 5 heteroatoms. The first kappa shape index (κ1) is 14.3. The van der Waals surface area contributed by atoms with Crippen molar-refractivity contribution in [1.29, 1.82) is 0 Å². The number of carbonyl (C=O) groups is 1. The molecule has 2 rings (SSSR count). The Morgan fingerprint density at radius 3 is 2.70 bits per heavy atom. The lowest BCUT2D eigenvalue weighted by molar-refractivity contribution is 0.242. The van der Waals surface area contributed by atoms with Crippen LogP contribution in [-0.4, -0.2) is 11.0 Å². The van der Waals surface area contributed by atoms with Gasteiger partial charge in [0.15, 0.2) is 0 Å². The van der Waals surface area contributed by atoms with E-state index in [1.54, 1.807) is 36.7 Å². The number of amides is 2. The summed E-state index contributed by atoms with van der Waals surface area (Å²) in [4.78, 5) is 16.1. The lowest BCUT2D eigenvalue weighted by atomic mass is 9.96. The van der Waals surface area contributed by atoms with Crippen LogP contribution in [0.15, 0.2) is 48.8 Å².